The highest BCUT2D eigenvalue weighted by molar-refractivity contribution is 5.83. The molecule has 0 bridgehead atoms. The number of nitrogens with one attached hydrogen (secondary N) is 1. The molecule has 1 aliphatic carbocycles. The number of nitrogens with zero attached hydrogens (tertiary/aromatic N) is 1. The van der Waals surface area contributed by atoms with Crippen LogP contribution < -0.4 is 11.1 Å². The number of oxime groups is 1. The predicted octanol–water partition coefficient (Wildman–Crippen LogP) is 1.45. The lowest BCUT2D eigenvalue weighted by Crippen LogP contribution is -2.41. The first-order chi connectivity index (χ1) is 8.08. The van der Waals surface area contributed by atoms with Gasteiger partial charge in [-0.1, -0.05) is 25.4 Å². The molecule has 3 unspecified atom stereocenters. The summed E-state index contributed by atoms with van der Waals surface area (Å²) >= 11 is 0. The van der Waals surface area contributed by atoms with Gasteiger partial charge in [-0.15, -0.1) is 0 Å². The van der Waals surface area contributed by atoms with Gasteiger partial charge in [-0.25, -0.2) is 0 Å². The van der Waals surface area contributed by atoms with Gasteiger partial charge in [-0.2, -0.15) is 0 Å². The predicted molar refractivity (Wildman–Crippen MR) is 66.8 cm³/mol. The lowest BCUT2D eigenvalue weighted by molar-refractivity contribution is -0.126. The zero-order valence-electron chi connectivity index (χ0n) is 10.6. The van der Waals surface area contributed by atoms with E-state index in [-0.39, 0.29) is 23.7 Å². The number of carbonyl (C=O) groups excluding carboxylic acids is 1. The molecular weight excluding hydrogens is 218 g/mol. The van der Waals surface area contributed by atoms with Crippen LogP contribution in [0.1, 0.15) is 46.0 Å². The van der Waals surface area contributed by atoms with Crippen LogP contribution in [0.15, 0.2) is 5.16 Å². The lowest BCUT2D eigenvalue weighted by atomic mass is 9.96. The Balaban J connectivity index is 2.47. The summed E-state index contributed by atoms with van der Waals surface area (Å²) in [5, 5.41) is 14.4. The van der Waals surface area contributed by atoms with Crippen molar-refractivity contribution >= 4 is 11.7 Å². The normalized spacial score (nSPS) is 26.8. The molecule has 0 aromatic rings. The van der Waals surface area contributed by atoms with E-state index < -0.39 is 0 Å². The van der Waals surface area contributed by atoms with Gasteiger partial charge in [-0.05, 0) is 25.2 Å². The molecule has 0 aromatic heterocycles. The van der Waals surface area contributed by atoms with Gasteiger partial charge in [0.2, 0.25) is 5.91 Å². The standard InChI is InChI=1S/C12H23N3O2/c1-3-9(7-11(13)15-17)14-12(16)10-6-4-5-8(10)2/h8-10,17H,3-7H2,1-2H3,(H2,13,15)(H,14,16). The Bertz CT molecular complexity index is 291. The Kier molecular flexibility index (Phi) is 5.25. The highest BCUT2D eigenvalue weighted by Gasteiger charge is 2.30. The maximum atomic E-state index is 12.0. The minimum Gasteiger partial charge on any atom is -0.409 e. The summed E-state index contributed by atoms with van der Waals surface area (Å²) in [5.74, 6) is 0.886. The highest BCUT2D eigenvalue weighted by Crippen LogP contribution is 2.31. The van der Waals surface area contributed by atoms with Crippen molar-refractivity contribution in [1.82, 2.24) is 5.32 Å². The average molecular weight is 241 g/mol. The van der Waals surface area contributed by atoms with E-state index in [2.05, 4.69) is 17.4 Å². The quantitative estimate of drug-likeness (QED) is 0.295. The fraction of sp³-hybridized carbons (Fsp3) is 0.833. The van der Waals surface area contributed by atoms with Crippen LogP contribution in [-0.2, 0) is 4.79 Å². The van der Waals surface area contributed by atoms with E-state index in [0.717, 1.165) is 25.7 Å². The summed E-state index contributed by atoms with van der Waals surface area (Å²) in [5.41, 5.74) is 5.45. The third kappa shape index (κ3) is 3.91. The van der Waals surface area contributed by atoms with Gasteiger partial charge in [0.15, 0.2) is 0 Å². The fourth-order valence-electron chi connectivity index (χ4n) is 2.43. The molecule has 1 saturated carbocycles. The summed E-state index contributed by atoms with van der Waals surface area (Å²) in [6, 6.07) is -0.0359. The molecule has 17 heavy (non-hydrogen) atoms. The van der Waals surface area contributed by atoms with Crippen LogP contribution in [0.5, 0.6) is 0 Å². The molecular formula is C12H23N3O2. The van der Waals surface area contributed by atoms with Crippen LogP contribution >= 0.6 is 0 Å². The van der Waals surface area contributed by atoms with Crippen molar-refractivity contribution in [2.24, 2.45) is 22.7 Å². The van der Waals surface area contributed by atoms with Gasteiger partial charge in [0.1, 0.15) is 5.84 Å². The van der Waals surface area contributed by atoms with E-state index in [4.69, 9.17) is 10.9 Å². The zero-order chi connectivity index (χ0) is 12.8. The van der Waals surface area contributed by atoms with Gasteiger partial charge in [-0.3, -0.25) is 4.79 Å². The average Bonchev–Trinajstić information content (AvgIpc) is 2.74. The summed E-state index contributed by atoms with van der Waals surface area (Å²) in [6.45, 7) is 4.11. The monoisotopic (exact) mass is 241 g/mol. The fourth-order valence-corrected chi connectivity index (χ4v) is 2.43. The van der Waals surface area contributed by atoms with E-state index in [1.54, 1.807) is 0 Å². The molecule has 1 fully saturated rings. The molecule has 0 heterocycles. The van der Waals surface area contributed by atoms with Gasteiger partial charge in [0.25, 0.3) is 0 Å². The summed E-state index contributed by atoms with van der Waals surface area (Å²) in [7, 11) is 0. The summed E-state index contributed by atoms with van der Waals surface area (Å²) in [4.78, 5) is 12.0. The second kappa shape index (κ2) is 6.47. The Morgan fingerprint density at radius 3 is 2.76 bits per heavy atom. The summed E-state index contributed by atoms with van der Waals surface area (Å²) < 4.78 is 0. The first kappa shape index (κ1) is 13.8. The van der Waals surface area contributed by atoms with Crippen molar-refractivity contribution in [3.8, 4) is 0 Å². The van der Waals surface area contributed by atoms with Crippen LogP contribution in [0.2, 0.25) is 0 Å². The molecule has 98 valence electrons. The van der Waals surface area contributed by atoms with E-state index >= 15 is 0 Å². The molecule has 0 aromatic carbocycles. The van der Waals surface area contributed by atoms with Crippen molar-refractivity contribution in [3.63, 3.8) is 0 Å². The number of amides is 1. The molecule has 5 nitrogen and oxygen atoms in total. The molecule has 0 aliphatic heterocycles. The minimum atomic E-state index is -0.0359. The Morgan fingerprint density at radius 2 is 2.29 bits per heavy atom. The van der Waals surface area contributed by atoms with Crippen molar-refractivity contribution in [3.05, 3.63) is 0 Å². The molecule has 1 amide bonds. The van der Waals surface area contributed by atoms with Gasteiger partial charge >= 0.3 is 0 Å². The molecule has 1 rings (SSSR count). The smallest absolute Gasteiger partial charge is 0.223 e. The maximum Gasteiger partial charge on any atom is 0.223 e. The van der Waals surface area contributed by atoms with Crippen LogP contribution in [0, 0.1) is 11.8 Å². The van der Waals surface area contributed by atoms with Crippen molar-refractivity contribution < 1.29 is 10.0 Å². The second-order valence-electron chi connectivity index (χ2n) is 4.92. The number of hydrogen-bond acceptors (Lipinski definition) is 3. The Hall–Kier alpha value is -1.26. The molecule has 0 radical (unpaired) electrons. The van der Waals surface area contributed by atoms with Crippen molar-refractivity contribution in [2.45, 2.75) is 52.0 Å². The molecule has 0 saturated heterocycles. The molecule has 0 spiro atoms. The third-order valence-corrected chi connectivity index (χ3v) is 3.62. The summed E-state index contributed by atoms with van der Waals surface area (Å²) in [6.07, 6.45) is 4.43. The molecule has 4 N–H and O–H groups in total. The van der Waals surface area contributed by atoms with E-state index in [1.807, 2.05) is 6.92 Å². The largest absolute Gasteiger partial charge is 0.409 e. The van der Waals surface area contributed by atoms with Crippen LogP contribution in [0.3, 0.4) is 0 Å². The van der Waals surface area contributed by atoms with Crippen LogP contribution in [0.4, 0.5) is 0 Å². The molecule has 1 aliphatic rings. The third-order valence-electron chi connectivity index (χ3n) is 3.62. The molecule has 5 heteroatoms. The second-order valence-corrected chi connectivity index (χ2v) is 4.92. The number of rotatable bonds is 5. The zero-order valence-corrected chi connectivity index (χ0v) is 10.6. The highest BCUT2D eigenvalue weighted by atomic mass is 16.4. The molecule has 3 atom stereocenters. The van der Waals surface area contributed by atoms with E-state index in [1.165, 1.54) is 0 Å². The van der Waals surface area contributed by atoms with E-state index in [9.17, 15) is 4.79 Å². The number of carbonyl (C=O) groups is 1. The Labute approximate surface area is 102 Å². The minimum absolute atomic E-state index is 0.0359. The first-order valence-corrected chi connectivity index (χ1v) is 6.35. The maximum absolute atomic E-state index is 12.0. The number of amidine groups is 1. The van der Waals surface area contributed by atoms with E-state index in [0.29, 0.717) is 12.3 Å². The van der Waals surface area contributed by atoms with Gasteiger partial charge in [0.05, 0.1) is 0 Å². The lowest BCUT2D eigenvalue weighted by Gasteiger charge is -2.21. The van der Waals surface area contributed by atoms with Gasteiger partial charge < -0.3 is 16.3 Å². The van der Waals surface area contributed by atoms with Crippen LogP contribution in [-0.4, -0.2) is 23.0 Å². The topological polar surface area (TPSA) is 87.7 Å². The first-order valence-electron chi connectivity index (χ1n) is 6.35. The number of nitrogens with two attached hydrogens (primary N) is 1. The number of hydrogen-bond donors (Lipinski definition) is 3. The van der Waals surface area contributed by atoms with Crippen molar-refractivity contribution in [2.75, 3.05) is 0 Å². The van der Waals surface area contributed by atoms with Gasteiger partial charge in [0, 0.05) is 18.4 Å². The van der Waals surface area contributed by atoms with Crippen LogP contribution in [0.25, 0.3) is 0 Å². The SMILES string of the molecule is CCC(CC(N)=NO)NC(=O)C1CCCC1C. The Morgan fingerprint density at radius 1 is 1.59 bits per heavy atom. The van der Waals surface area contributed by atoms with Crippen molar-refractivity contribution in [1.29, 1.82) is 0 Å².